The van der Waals surface area contributed by atoms with E-state index in [1.165, 1.54) is 17.7 Å². The van der Waals surface area contributed by atoms with Crippen molar-refractivity contribution in [2.24, 2.45) is 0 Å². The molecule has 0 aliphatic heterocycles. The highest BCUT2D eigenvalue weighted by molar-refractivity contribution is 7.15. The summed E-state index contributed by atoms with van der Waals surface area (Å²) in [6, 6.07) is 5.32. The third-order valence-corrected chi connectivity index (χ3v) is 4.38. The molecule has 0 aromatic carbocycles. The Morgan fingerprint density at radius 3 is 2.90 bits per heavy atom. The Morgan fingerprint density at radius 1 is 1.25 bits per heavy atom. The molecular formula is C14H16N4OS. The summed E-state index contributed by atoms with van der Waals surface area (Å²) >= 11 is 1.58. The first kappa shape index (κ1) is 13.1. The Bertz CT molecular complexity index is 614. The number of fused-ring (bicyclic) bond motifs is 1. The first-order chi connectivity index (χ1) is 9.76. The molecule has 0 saturated carbocycles. The van der Waals surface area contributed by atoms with Gasteiger partial charge in [0.2, 0.25) is 0 Å². The predicted molar refractivity (Wildman–Crippen MR) is 80.5 cm³/mol. The highest BCUT2D eigenvalue weighted by atomic mass is 32.1. The third-order valence-electron chi connectivity index (χ3n) is 3.30. The molecule has 2 aromatic heterocycles. The second-order valence-electron chi connectivity index (χ2n) is 4.71. The van der Waals surface area contributed by atoms with Crippen LogP contribution in [0.25, 0.3) is 0 Å². The van der Waals surface area contributed by atoms with E-state index < -0.39 is 0 Å². The zero-order chi connectivity index (χ0) is 13.9. The van der Waals surface area contributed by atoms with Crippen LogP contribution in [0.2, 0.25) is 0 Å². The number of rotatable bonds is 3. The number of amides is 1. The third kappa shape index (κ3) is 2.65. The van der Waals surface area contributed by atoms with Gasteiger partial charge in [0.05, 0.1) is 5.69 Å². The summed E-state index contributed by atoms with van der Waals surface area (Å²) in [5.41, 5.74) is 1.54. The Labute approximate surface area is 121 Å². The lowest BCUT2D eigenvalue weighted by molar-refractivity contribution is 0.102. The lowest BCUT2D eigenvalue weighted by atomic mass is 10.0. The normalized spacial score (nSPS) is 13.7. The molecule has 3 rings (SSSR count). The van der Waals surface area contributed by atoms with E-state index in [4.69, 9.17) is 0 Å². The SMILES string of the molecule is CNc1cccc(C(=O)Nc2nc3c(s2)CCCC3)n1. The molecule has 5 nitrogen and oxygen atoms in total. The summed E-state index contributed by atoms with van der Waals surface area (Å²) in [6.07, 6.45) is 4.51. The fourth-order valence-electron chi connectivity index (χ4n) is 2.27. The number of aryl methyl sites for hydroxylation is 2. The van der Waals surface area contributed by atoms with Gasteiger partial charge in [0.1, 0.15) is 11.5 Å². The number of hydrogen-bond donors (Lipinski definition) is 2. The zero-order valence-electron chi connectivity index (χ0n) is 11.3. The van der Waals surface area contributed by atoms with Crippen molar-refractivity contribution in [2.45, 2.75) is 25.7 Å². The van der Waals surface area contributed by atoms with E-state index in [2.05, 4.69) is 20.6 Å². The van der Waals surface area contributed by atoms with E-state index >= 15 is 0 Å². The smallest absolute Gasteiger partial charge is 0.276 e. The number of carbonyl (C=O) groups excluding carboxylic acids is 1. The fourth-order valence-corrected chi connectivity index (χ4v) is 3.31. The second kappa shape index (κ2) is 5.58. The maximum Gasteiger partial charge on any atom is 0.276 e. The molecule has 20 heavy (non-hydrogen) atoms. The first-order valence-corrected chi connectivity index (χ1v) is 7.52. The van der Waals surface area contributed by atoms with Crippen LogP contribution in [0.4, 0.5) is 10.9 Å². The Hall–Kier alpha value is -1.95. The number of aromatic nitrogens is 2. The molecule has 2 N–H and O–H groups in total. The summed E-state index contributed by atoms with van der Waals surface area (Å²) < 4.78 is 0. The van der Waals surface area contributed by atoms with Crippen molar-refractivity contribution in [1.82, 2.24) is 9.97 Å². The van der Waals surface area contributed by atoms with Gasteiger partial charge in [-0.3, -0.25) is 10.1 Å². The van der Waals surface area contributed by atoms with Crippen LogP contribution >= 0.6 is 11.3 Å². The van der Waals surface area contributed by atoms with Gasteiger partial charge < -0.3 is 5.32 Å². The van der Waals surface area contributed by atoms with E-state index in [1.807, 2.05) is 6.07 Å². The van der Waals surface area contributed by atoms with Crippen molar-refractivity contribution in [3.8, 4) is 0 Å². The van der Waals surface area contributed by atoms with Crippen LogP contribution in [0.1, 0.15) is 33.9 Å². The minimum absolute atomic E-state index is 0.215. The van der Waals surface area contributed by atoms with Crippen molar-refractivity contribution in [2.75, 3.05) is 17.7 Å². The standard InChI is InChI=1S/C14H16N4OS/c1-15-12-8-4-6-10(16-12)13(19)18-14-17-9-5-2-3-7-11(9)20-14/h4,6,8H,2-3,5,7H2,1H3,(H,15,16)(H,17,18,19). The molecule has 0 atom stereocenters. The molecule has 0 spiro atoms. The van der Waals surface area contributed by atoms with Crippen LogP contribution in [0, 0.1) is 0 Å². The average molecular weight is 288 g/mol. The summed E-state index contributed by atoms with van der Waals surface area (Å²) in [4.78, 5) is 22.2. The summed E-state index contributed by atoms with van der Waals surface area (Å²) in [5, 5.41) is 6.45. The van der Waals surface area contributed by atoms with Crippen molar-refractivity contribution in [3.63, 3.8) is 0 Å². The molecule has 0 saturated heterocycles. The minimum Gasteiger partial charge on any atom is -0.373 e. The Balaban J connectivity index is 1.76. The highest BCUT2D eigenvalue weighted by Crippen LogP contribution is 2.29. The molecule has 0 unspecified atom stereocenters. The largest absolute Gasteiger partial charge is 0.373 e. The highest BCUT2D eigenvalue weighted by Gasteiger charge is 2.17. The first-order valence-electron chi connectivity index (χ1n) is 6.71. The Kier molecular flexibility index (Phi) is 3.64. The van der Waals surface area contributed by atoms with E-state index in [0.717, 1.165) is 18.5 Å². The molecule has 2 heterocycles. The van der Waals surface area contributed by atoms with Crippen molar-refractivity contribution in [1.29, 1.82) is 0 Å². The van der Waals surface area contributed by atoms with Gasteiger partial charge >= 0.3 is 0 Å². The van der Waals surface area contributed by atoms with Crippen LogP contribution < -0.4 is 10.6 Å². The summed E-state index contributed by atoms with van der Waals surface area (Å²) in [6.45, 7) is 0. The predicted octanol–water partition coefficient (Wildman–Crippen LogP) is 2.71. The number of nitrogens with one attached hydrogen (secondary N) is 2. The lowest BCUT2D eigenvalue weighted by Crippen LogP contribution is -2.14. The monoisotopic (exact) mass is 288 g/mol. The quantitative estimate of drug-likeness (QED) is 0.911. The average Bonchev–Trinajstić information content (AvgIpc) is 2.89. The molecular weight excluding hydrogens is 272 g/mol. The number of pyridine rings is 1. The van der Waals surface area contributed by atoms with E-state index in [9.17, 15) is 4.79 Å². The molecule has 104 valence electrons. The molecule has 0 bridgehead atoms. The van der Waals surface area contributed by atoms with E-state index in [0.29, 0.717) is 16.6 Å². The lowest BCUT2D eigenvalue weighted by Gasteiger charge is -2.06. The number of hydrogen-bond acceptors (Lipinski definition) is 5. The van der Waals surface area contributed by atoms with Gasteiger partial charge in [0.15, 0.2) is 5.13 Å². The molecule has 0 fully saturated rings. The molecule has 2 aromatic rings. The Morgan fingerprint density at radius 2 is 2.10 bits per heavy atom. The van der Waals surface area contributed by atoms with Crippen LogP contribution in [-0.2, 0) is 12.8 Å². The van der Waals surface area contributed by atoms with Crippen molar-refractivity contribution >= 4 is 28.2 Å². The number of anilines is 2. The molecule has 1 aliphatic rings. The second-order valence-corrected chi connectivity index (χ2v) is 5.79. The number of carbonyl (C=O) groups is 1. The van der Waals surface area contributed by atoms with Gasteiger partial charge in [-0.15, -0.1) is 11.3 Å². The van der Waals surface area contributed by atoms with Gasteiger partial charge in [-0.25, -0.2) is 9.97 Å². The van der Waals surface area contributed by atoms with Gasteiger partial charge in [-0.2, -0.15) is 0 Å². The van der Waals surface area contributed by atoms with Crippen LogP contribution in [0.3, 0.4) is 0 Å². The summed E-state index contributed by atoms with van der Waals surface area (Å²) in [5.74, 6) is 0.462. The maximum absolute atomic E-state index is 12.2. The van der Waals surface area contributed by atoms with E-state index in [-0.39, 0.29) is 5.91 Å². The maximum atomic E-state index is 12.2. The van der Waals surface area contributed by atoms with Crippen molar-refractivity contribution in [3.05, 3.63) is 34.5 Å². The fraction of sp³-hybridized carbons (Fsp3) is 0.357. The van der Waals surface area contributed by atoms with Gasteiger partial charge in [0.25, 0.3) is 5.91 Å². The minimum atomic E-state index is -0.215. The zero-order valence-corrected chi connectivity index (χ0v) is 12.1. The van der Waals surface area contributed by atoms with Gasteiger partial charge in [-0.05, 0) is 37.8 Å². The molecule has 0 radical (unpaired) electrons. The molecule has 1 aliphatic carbocycles. The topological polar surface area (TPSA) is 66.9 Å². The van der Waals surface area contributed by atoms with E-state index in [1.54, 1.807) is 30.5 Å². The van der Waals surface area contributed by atoms with Gasteiger partial charge in [0, 0.05) is 11.9 Å². The van der Waals surface area contributed by atoms with Gasteiger partial charge in [-0.1, -0.05) is 6.07 Å². The van der Waals surface area contributed by atoms with Crippen LogP contribution in [0.5, 0.6) is 0 Å². The van der Waals surface area contributed by atoms with Crippen LogP contribution in [-0.4, -0.2) is 22.9 Å². The number of nitrogens with zero attached hydrogens (tertiary/aromatic N) is 2. The van der Waals surface area contributed by atoms with Crippen LogP contribution in [0.15, 0.2) is 18.2 Å². The van der Waals surface area contributed by atoms with Crippen molar-refractivity contribution < 1.29 is 4.79 Å². The number of thiazole rings is 1. The molecule has 6 heteroatoms. The molecule has 1 amide bonds. The summed E-state index contributed by atoms with van der Waals surface area (Å²) in [7, 11) is 1.78.